The average Bonchev–Trinajstić information content (AvgIpc) is 2.72. The summed E-state index contributed by atoms with van der Waals surface area (Å²) < 4.78 is 10.4. The quantitative estimate of drug-likeness (QED) is 0.824. The SMILES string of the molecule is CCOc1cccc(C2OC(=O)CC2C(=O)O)c1. The van der Waals surface area contributed by atoms with Crippen LogP contribution in [0.15, 0.2) is 24.3 Å². The van der Waals surface area contributed by atoms with Crippen molar-refractivity contribution in [2.45, 2.75) is 19.4 Å². The van der Waals surface area contributed by atoms with E-state index in [2.05, 4.69) is 0 Å². The summed E-state index contributed by atoms with van der Waals surface area (Å²) in [6.07, 6.45) is -0.811. The minimum Gasteiger partial charge on any atom is -0.494 e. The van der Waals surface area contributed by atoms with E-state index < -0.39 is 24.0 Å². The molecule has 96 valence electrons. The van der Waals surface area contributed by atoms with Crippen LogP contribution in [-0.2, 0) is 14.3 Å². The molecule has 2 rings (SSSR count). The molecule has 1 aromatic carbocycles. The number of carbonyl (C=O) groups is 2. The summed E-state index contributed by atoms with van der Waals surface area (Å²) in [5, 5.41) is 9.07. The maximum atomic E-state index is 11.2. The Balaban J connectivity index is 2.26. The normalized spacial score (nSPS) is 22.6. The van der Waals surface area contributed by atoms with Crippen molar-refractivity contribution >= 4 is 11.9 Å². The van der Waals surface area contributed by atoms with E-state index in [1.807, 2.05) is 6.92 Å². The maximum absolute atomic E-state index is 11.2. The first-order chi connectivity index (χ1) is 8.61. The first-order valence-electron chi connectivity index (χ1n) is 5.77. The Morgan fingerprint density at radius 3 is 3.00 bits per heavy atom. The van der Waals surface area contributed by atoms with E-state index >= 15 is 0 Å². The molecule has 2 atom stereocenters. The van der Waals surface area contributed by atoms with E-state index in [0.717, 1.165) is 0 Å². The highest BCUT2D eigenvalue weighted by atomic mass is 16.6. The summed E-state index contributed by atoms with van der Waals surface area (Å²) in [6, 6.07) is 6.98. The highest BCUT2D eigenvalue weighted by Crippen LogP contribution is 2.36. The van der Waals surface area contributed by atoms with Gasteiger partial charge >= 0.3 is 11.9 Å². The number of hydrogen-bond acceptors (Lipinski definition) is 4. The van der Waals surface area contributed by atoms with Crippen molar-refractivity contribution in [1.82, 2.24) is 0 Å². The van der Waals surface area contributed by atoms with Crippen molar-refractivity contribution in [2.24, 2.45) is 5.92 Å². The lowest BCUT2D eigenvalue weighted by Crippen LogP contribution is -2.17. The lowest BCUT2D eigenvalue weighted by atomic mass is 9.95. The number of carboxylic acids is 1. The Morgan fingerprint density at radius 2 is 2.33 bits per heavy atom. The van der Waals surface area contributed by atoms with Crippen molar-refractivity contribution in [2.75, 3.05) is 6.61 Å². The van der Waals surface area contributed by atoms with Gasteiger partial charge in [0.05, 0.1) is 13.0 Å². The number of carboxylic acid groups (broad SMARTS) is 1. The largest absolute Gasteiger partial charge is 0.494 e. The van der Waals surface area contributed by atoms with E-state index in [0.29, 0.717) is 17.9 Å². The van der Waals surface area contributed by atoms with E-state index in [-0.39, 0.29) is 6.42 Å². The van der Waals surface area contributed by atoms with Crippen molar-refractivity contribution in [1.29, 1.82) is 0 Å². The van der Waals surface area contributed by atoms with Crippen molar-refractivity contribution in [3.8, 4) is 5.75 Å². The predicted octanol–water partition coefficient (Wildman–Crippen LogP) is 1.77. The van der Waals surface area contributed by atoms with Crippen LogP contribution in [0.3, 0.4) is 0 Å². The van der Waals surface area contributed by atoms with Crippen LogP contribution in [0.2, 0.25) is 0 Å². The van der Waals surface area contributed by atoms with E-state index in [4.69, 9.17) is 14.6 Å². The lowest BCUT2D eigenvalue weighted by Gasteiger charge is -2.15. The molecule has 0 amide bonds. The summed E-state index contributed by atoms with van der Waals surface area (Å²) in [5.74, 6) is -1.68. The molecule has 5 nitrogen and oxygen atoms in total. The molecular weight excluding hydrogens is 236 g/mol. The molecule has 0 radical (unpaired) electrons. The van der Waals surface area contributed by atoms with Crippen LogP contribution in [0.5, 0.6) is 5.75 Å². The molecule has 0 aliphatic carbocycles. The van der Waals surface area contributed by atoms with Gasteiger partial charge in [-0.25, -0.2) is 0 Å². The van der Waals surface area contributed by atoms with Crippen molar-refractivity contribution < 1.29 is 24.2 Å². The Morgan fingerprint density at radius 1 is 1.56 bits per heavy atom. The summed E-state index contributed by atoms with van der Waals surface area (Å²) in [7, 11) is 0. The molecule has 0 spiro atoms. The van der Waals surface area contributed by atoms with Crippen LogP contribution in [-0.4, -0.2) is 23.7 Å². The number of rotatable bonds is 4. The standard InChI is InChI=1S/C13H14O5/c1-2-17-9-5-3-4-8(6-9)12-10(13(15)16)7-11(14)18-12/h3-6,10,12H,2,7H2,1H3,(H,15,16). The van der Waals surface area contributed by atoms with Crippen LogP contribution >= 0.6 is 0 Å². The van der Waals surface area contributed by atoms with Gasteiger partial charge in [-0.1, -0.05) is 12.1 Å². The highest BCUT2D eigenvalue weighted by molar-refractivity contribution is 5.82. The Bertz CT molecular complexity index is 468. The molecule has 0 bridgehead atoms. The molecule has 2 unspecified atom stereocenters. The number of carbonyl (C=O) groups excluding carboxylic acids is 1. The number of cyclic esters (lactones) is 1. The first-order valence-corrected chi connectivity index (χ1v) is 5.77. The molecular formula is C13H14O5. The van der Waals surface area contributed by atoms with Gasteiger partial charge in [0.1, 0.15) is 17.8 Å². The second-order valence-corrected chi connectivity index (χ2v) is 4.06. The molecule has 1 N–H and O–H groups in total. The number of aliphatic carboxylic acids is 1. The van der Waals surface area contributed by atoms with Crippen molar-refractivity contribution in [3.63, 3.8) is 0 Å². The Hall–Kier alpha value is -2.04. The molecule has 5 heteroatoms. The molecule has 0 aromatic heterocycles. The zero-order valence-corrected chi connectivity index (χ0v) is 9.96. The summed E-state index contributed by atoms with van der Waals surface area (Å²) in [4.78, 5) is 22.3. The monoisotopic (exact) mass is 250 g/mol. The first kappa shape index (κ1) is 12.4. The highest BCUT2D eigenvalue weighted by Gasteiger charge is 2.40. The second kappa shape index (κ2) is 5.08. The Labute approximate surface area is 104 Å². The molecule has 18 heavy (non-hydrogen) atoms. The fourth-order valence-electron chi connectivity index (χ4n) is 2.02. The van der Waals surface area contributed by atoms with Crippen molar-refractivity contribution in [3.05, 3.63) is 29.8 Å². The smallest absolute Gasteiger partial charge is 0.311 e. The number of esters is 1. The summed E-state index contributed by atoms with van der Waals surface area (Å²) in [6.45, 7) is 2.39. The third kappa shape index (κ3) is 2.45. The maximum Gasteiger partial charge on any atom is 0.311 e. The van der Waals surface area contributed by atoms with Gasteiger partial charge < -0.3 is 14.6 Å². The molecule has 1 heterocycles. The number of benzene rings is 1. The van der Waals surface area contributed by atoms with Crippen LogP contribution in [0, 0.1) is 5.92 Å². The number of hydrogen-bond donors (Lipinski definition) is 1. The number of ether oxygens (including phenoxy) is 2. The molecule has 1 aromatic rings. The van der Waals surface area contributed by atoms with Gasteiger partial charge in [-0.05, 0) is 24.6 Å². The predicted molar refractivity (Wildman–Crippen MR) is 62.2 cm³/mol. The third-order valence-corrected chi connectivity index (χ3v) is 2.83. The molecule has 1 aliphatic heterocycles. The fraction of sp³-hybridized carbons (Fsp3) is 0.385. The van der Waals surface area contributed by atoms with E-state index in [1.54, 1.807) is 24.3 Å². The zero-order chi connectivity index (χ0) is 13.1. The minimum absolute atomic E-state index is 0.0845. The molecule has 1 saturated heterocycles. The minimum atomic E-state index is -1.02. The second-order valence-electron chi connectivity index (χ2n) is 4.06. The summed E-state index contributed by atoms with van der Waals surface area (Å²) in [5.41, 5.74) is 0.652. The summed E-state index contributed by atoms with van der Waals surface area (Å²) >= 11 is 0. The van der Waals surface area contributed by atoms with E-state index in [1.165, 1.54) is 0 Å². The van der Waals surface area contributed by atoms with Gasteiger partial charge in [-0.2, -0.15) is 0 Å². The van der Waals surface area contributed by atoms with Crippen LogP contribution < -0.4 is 4.74 Å². The van der Waals surface area contributed by atoms with Crippen LogP contribution in [0.4, 0.5) is 0 Å². The molecule has 1 aliphatic rings. The van der Waals surface area contributed by atoms with Gasteiger partial charge in [-0.15, -0.1) is 0 Å². The van der Waals surface area contributed by atoms with Crippen LogP contribution in [0.1, 0.15) is 25.0 Å². The Kier molecular flexibility index (Phi) is 3.50. The average molecular weight is 250 g/mol. The lowest BCUT2D eigenvalue weighted by molar-refractivity contribution is -0.144. The van der Waals surface area contributed by atoms with Gasteiger partial charge in [-0.3, -0.25) is 9.59 Å². The molecule has 1 fully saturated rings. The van der Waals surface area contributed by atoms with Gasteiger partial charge in [0, 0.05) is 0 Å². The van der Waals surface area contributed by atoms with Gasteiger partial charge in [0.25, 0.3) is 0 Å². The van der Waals surface area contributed by atoms with E-state index in [9.17, 15) is 9.59 Å². The third-order valence-electron chi connectivity index (χ3n) is 2.83. The fourth-order valence-corrected chi connectivity index (χ4v) is 2.02. The molecule has 0 saturated carbocycles. The van der Waals surface area contributed by atoms with Gasteiger partial charge in [0.15, 0.2) is 0 Å². The van der Waals surface area contributed by atoms with Gasteiger partial charge in [0.2, 0.25) is 0 Å². The van der Waals surface area contributed by atoms with Crippen LogP contribution in [0.25, 0.3) is 0 Å². The zero-order valence-electron chi connectivity index (χ0n) is 9.96. The topological polar surface area (TPSA) is 72.8 Å².